The fraction of sp³-hybridized carbons (Fsp3) is 0.917. The molecular formula is C12H23NO3. The third-order valence-corrected chi connectivity index (χ3v) is 3.26. The number of hydrogen-bond donors (Lipinski definition) is 2. The predicted molar refractivity (Wildman–Crippen MR) is 62.1 cm³/mol. The smallest absolute Gasteiger partial charge is 0.223 e. The molecular weight excluding hydrogens is 206 g/mol. The number of nitrogens with one attached hydrogen (secondary N) is 1. The maximum atomic E-state index is 11.7. The van der Waals surface area contributed by atoms with Gasteiger partial charge in [-0.15, -0.1) is 0 Å². The third-order valence-electron chi connectivity index (χ3n) is 3.26. The van der Waals surface area contributed by atoms with Crippen molar-refractivity contribution in [1.29, 1.82) is 0 Å². The third kappa shape index (κ3) is 4.10. The van der Waals surface area contributed by atoms with Gasteiger partial charge in [0.1, 0.15) is 0 Å². The molecule has 0 aromatic carbocycles. The molecule has 2 N–H and O–H groups in total. The monoisotopic (exact) mass is 229 g/mol. The molecule has 0 aromatic rings. The van der Waals surface area contributed by atoms with Crippen LogP contribution in [0.25, 0.3) is 0 Å². The van der Waals surface area contributed by atoms with Crippen molar-refractivity contribution in [2.75, 3.05) is 13.2 Å². The highest BCUT2D eigenvalue weighted by Gasteiger charge is 2.25. The Labute approximate surface area is 97.4 Å². The summed E-state index contributed by atoms with van der Waals surface area (Å²) in [5.74, 6) is -0.0229. The SMILES string of the molecule is CCC(C)(CO)NC(=O)CC1CCCCO1. The van der Waals surface area contributed by atoms with Crippen LogP contribution in [0.15, 0.2) is 0 Å². The molecule has 0 aliphatic carbocycles. The fourth-order valence-electron chi connectivity index (χ4n) is 1.80. The standard InChI is InChI=1S/C12H23NO3/c1-3-12(2,9-14)13-11(15)8-10-6-4-5-7-16-10/h10,14H,3-9H2,1-2H3,(H,13,15). The van der Waals surface area contributed by atoms with Crippen LogP contribution in [-0.2, 0) is 9.53 Å². The summed E-state index contributed by atoms with van der Waals surface area (Å²) in [6, 6.07) is 0. The lowest BCUT2D eigenvalue weighted by Gasteiger charge is -2.29. The van der Waals surface area contributed by atoms with Gasteiger partial charge in [-0.3, -0.25) is 4.79 Å². The molecule has 1 aliphatic rings. The molecule has 1 saturated heterocycles. The first kappa shape index (κ1) is 13.5. The zero-order valence-electron chi connectivity index (χ0n) is 10.3. The molecule has 0 radical (unpaired) electrons. The van der Waals surface area contributed by atoms with Gasteiger partial charge in [0.25, 0.3) is 0 Å². The van der Waals surface area contributed by atoms with Crippen LogP contribution in [0.3, 0.4) is 0 Å². The van der Waals surface area contributed by atoms with Crippen molar-refractivity contribution in [2.24, 2.45) is 0 Å². The highest BCUT2D eigenvalue weighted by atomic mass is 16.5. The minimum atomic E-state index is -0.494. The number of ether oxygens (including phenoxy) is 1. The topological polar surface area (TPSA) is 58.6 Å². The van der Waals surface area contributed by atoms with Crippen LogP contribution >= 0.6 is 0 Å². The van der Waals surface area contributed by atoms with E-state index in [2.05, 4.69) is 5.32 Å². The zero-order valence-corrected chi connectivity index (χ0v) is 10.3. The number of carbonyl (C=O) groups excluding carboxylic acids is 1. The molecule has 0 bridgehead atoms. The van der Waals surface area contributed by atoms with Crippen molar-refractivity contribution in [3.63, 3.8) is 0 Å². The number of hydrogen-bond acceptors (Lipinski definition) is 3. The van der Waals surface area contributed by atoms with Crippen LogP contribution in [0.5, 0.6) is 0 Å². The quantitative estimate of drug-likeness (QED) is 0.745. The van der Waals surface area contributed by atoms with E-state index in [4.69, 9.17) is 4.74 Å². The second kappa shape index (κ2) is 6.21. The van der Waals surface area contributed by atoms with E-state index in [0.29, 0.717) is 6.42 Å². The van der Waals surface area contributed by atoms with Crippen LogP contribution in [0.2, 0.25) is 0 Å². The van der Waals surface area contributed by atoms with Gasteiger partial charge in [-0.05, 0) is 32.6 Å². The maximum Gasteiger partial charge on any atom is 0.223 e. The first-order valence-electron chi connectivity index (χ1n) is 6.13. The predicted octanol–water partition coefficient (Wildman–Crippen LogP) is 1.22. The minimum Gasteiger partial charge on any atom is -0.394 e. The molecule has 1 fully saturated rings. The molecule has 1 aliphatic heterocycles. The molecule has 4 heteroatoms. The average Bonchev–Trinajstić information content (AvgIpc) is 2.30. The second-order valence-electron chi connectivity index (χ2n) is 4.81. The Kier molecular flexibility index (Phi) is 5.22. The Hall–Kier alpha value is -0.610. The number of aliphatic hydroxyl groups is 1. The molecule has 1 rings (SSSR count). The zero-order chi connectivity index (χ0) is 12.0. The molecule has 0 aromatic heterocycles. The molecule has 16 heavy (non-hydrogen) atoms. The highest BCUT2D eigenvalue weighted by molar-refractivity contribution is 5.77. The summed E-state index contributed by atoms with van der Waals surface area (Å²) in [6.45, 7) is 4.55. The van der Waals surface area contributed by atoms with Crippen LogP contribution in [-0.4, -0.2) is 35.9 Å². The molecule has 2 atom stereocenters. The maximum absolute atomic E-state index is 11.7. The van der Waals surface area contributed by atoms with Crippen LogP contribution in [0.4, 0.5) is 0 Å². The Bertz CT molecular complexity index is 220. The second-order valence-corrected chi connectivity index (χ2v) is 4.81. The minimum absolute atomic E-state index is 0.0229. The van der Waals surface area contributed by atoms with E-state index in [1.54, 1.807) is 0 Å². The molecule has 2 unspecified atom stereocenters. The summed E-state index contributed by atoms with van der Waals surface area (Å²) in [5, 5.41) is 12.1. The first-order chi connectivity index (χ1) is 7.59. The van der Waals surface area contributed by atoms with Crippen molar-refractivity contribution >= 4 is 5.91 Å². The largest absolute Gasteiger partial charge is 0.394 e. The van der Waals surface area contributed by atoms with Gasteiger partial charge in [0.15, 0.2) is 0 Å². The van der Waals surface area contributed by atoms with E-state index in [9.17, 15) is 9.90 Å². The van der Waals surface area contributed by atoms with Crippen molar-refractivity contribution in [3.8, 4) is 0 Å². The lowest BCUT2D eigenvalue weighted by atomic mass is 9.99. The molecule has 1 heterocycles. The van der Waals surface area contributed by atoms with Crippen molar-refractivity contribution in [3.05, 3.63) is 0 Å². The lowest BCUT2D eigenvalue weighted by molar-refractivity contribution is -0.127. The van der Waals surface area contributed by atoms with Gasteiger partial charge >= 0.3 is 0 Å². The van der Waals surface area contributed by atoms with Crippen molar-refractivity contribution in [2.45, 2.75) is 57.6 Å². The average molecular weight is 229 g/mol. The number of amides is 1. The normalized spacial score (nSPS) is 24.8. The van der Waals surface area contributed by atoms with Crippen molar-refractivity contribution in [1.82, 2.24) is 5.32 Å². The van der Waals surface area contributed by atoms with Crippen LogP contribution in [0.1, 0.15) is 46.0 Å². The van der Waals surface area contributed by atoms with E-state index in [0.717, 1.165) is 32.3 Å². The first-order valence-corrected chi connectivity index (χ1v) is 6.13. The number of aliphatic hydroxyl groups excluding tert-OH is 1. The van der Waals surface area contributed by atoms with Gasteiger partial charge < -0.3 is 15.2 Å². The van der Waals surface area contributed by atoms with E-state index < -0.39 is 5.54 Å². The molecule has 1 amide bonds. The molecule has 0 saturated carbocycles. The number of carbonyl (C=O) groups is 1. The Balaban J connectivity index is 2.34. The summed E-state index contributed by atoms with van der Waals surface area (Å²) in [5.41, 5.74) is -0.494. The summed E-state index contributed by atoms with van der Waals surface area (Å²) in [6.07, 6.45) is 4.41. The lowest BCUT2D eigenvalue weighted by Crippen LogP contribution is -2.49. The van der Waals surface area contributed by atoms with E-state index in [1.807, 2.05) is 13.8 Å². The molecule has 0 spiro atoms. The van der Waals surface area contributed by atoms with Gasteiger partial charge in [-0.1, -0.05) is 6.92 Å². The Morgan fingerprint density at radius 3 is 2.81 bits per heavy atom. The van der Waals surface area contributed by atoms with Gasteiger partial charge in [0, 0.05) is 6.61 Å². The summed E-state index contributed by atoms with van der Waals surface area (Å²) in [4.78, 5) is 11.7. The summed E-state index contributed by atoms with van der Waals surface area (Å²) < 4.78 is 5.51. The van der Waals surface area contributed by atoms with Crippen LogP contribution in [0, 0.1) is 0 Å². The van der Waals surface area contributed by atoms with E-state index >= 15 is 0 Å². The summed E-state index contributed by atoms with van der Waals surface area (Å²) in [7, 11) is 0. The number of rotatable bonds is 5. The van der Waals surface area contributed by atoms with E-state index in [1.165, 1.54) is 0 Å². The Morgan fingerprint density at radius 1 is 1.56 bits per heavy atom. The van der Waals surface area contributed by atoms with Gasteiger partial charge in [0.05, 0.1) is 24.7 Å². The van der Waals surface area contributed by atoms with Crippen molar-refractivity contribution < 1.29 is 14.6 Å². The molecule has 94 valence electrons. The van der Waals surface area contributed by atoms with E-state index in [-0.39, 0.29) is 18.6 Å². The van der Waals surface area contributed by atoms with Gasteiger partial charge in [0.2, 0.25) is 5.91 Å². The molecule has 4 nitrogen and oxygen atoms in total. The summed E-state index contributed by atoms with van der Waals surface area (Å²) >= 11 is 0. The van der Waals surface area contributed by atoms with Crippen LogP contribution < -0.4 is 5.32 Å². The fourth-order valence-corrected chi connectivity index (χ4v) is 1.80. The highest BCUT2D eigenvalue weighted by Crippen LogP contribution is 2.16. The Morgan fingerprint density at radius 2 is 2.31 bits per heavy atom. The van der Waals surface area contributed by atoms with Gasteiger partial charge in [-0.25, -0.2) is 0 Å². The van der Waals surface area contributed by atoms with Gasteiger partial charge in [-0.2, -0.15) is 0 Å².